The second-order valence-corrected chi connectivity index (χ2v) is 14.4. The summed E-state index contributed by atoms with van der Waals surface area (Å²) in [5.41, 5.74) is 16.5. The van der Waals surface area contributed by atoms with Gasteiger partial charge in [0.1, 0.15) is 0 Å². The molecule has 0 aliphatic heterocycles. The van der Waals surface area contributed by atoms with Gasteiger partial charge in [0, 0.05) is 16.7 Å². The molecule has 266 valence electrons. The van der Waals surface area contributed by atoms with Gasteiger partial charge in [-0.05, 0) is 86.0 Å². The molecule has 1 heterocycles. The van der Waals surface area contributed by atoms with Gasteiger partial charge in [0.25, 0.3) is 0 Å². The molecule has 0 fully saturated rings. The molecule has 0 radical (unpaired) electrons. The number of rotatable bonds is 7. The highest BCUT2D eigenvalue weighted by Gasteiger charge is 2.46. The van der Waals surface area contributed by atoms with Crippen molar-refractivity contribution in [2.75, 3.05) is 0 Å². The summed E-state index contributed by atoms with van der Waals surface area (Å²) in [6.45, 7) is 7.83. The maximum atomic E-state index is 7.83. The van der Waals surface area contributed by atoms with E-state index < -0.39 is 5.41 Å². The van der Waals surface area contributed by atoms with Gasteiger partial charge in [0.2, 0.25) is 0 Å². The summed E-state index contributed by atoms with van der Waals surface area (Å²) in [5.74, 6) is 0.700. The summed E-state index contributed by atoms with van der Waals surface area (Å²) < 4.78 is 0. The summed E-state index contributed by atoms with van der Waals surface area (Å²) in [5, 5.41) is 0. The number of aromatic nitrogens is 2. The van der Waals surface area contributed by atoms with Crippen molar-refractivity contribution in [2.45, 2.75) is 5.41 Å². The van der Waals surface area contributed by atoms with Crippen LogP contribution in [0.4, 0.5) is 5.69 Å². The fourth-order valence-corrected chi connectivity index (χ4v) is 8.54. The quantitative estimate of drug-likeness (QED) is 0.153. The van der Waals surface area contributed by atoms with Gasteiger partial charge in [0.05, 0.1) is 23.4 Å². The van der Waals surface area contributed by atoms with E-state index in [-0.39, 0.29) is 0 Å². The lowest BCUT2D eigenvalue weighted by molar-refractivity contribution is 0.769. The van der Waals surface area contributed by atoms with Gasteiger partial charge in [-0.1, -0.05) is 182 Å². The molecule has 0 N–H and O–H groups in total. The van der Waals surface area contributed by atoms with E-state index in [1.54, 1.807) is 0 Å². The first-order valence-electron chi connectivity index (χ1n) is 19.2. The summed E-state index contributed by atoms with van der Waals surface area (Å²) in [7, 11) is 0. The molecule has 0 saturated carbocycles. The van der Waals surface area contributed by atoms with Crippen molar-refractivity contribution in [1.82, 2.24) is 9.97 Å². The van der Waals surface area contributed by atoms with E-state index >= 15 is 0 Å². The SMILES string of the molecule is [C-]#[N+]c1ccc2c(c1)-c1ccc(-c3cccc(-c4cccc(-c5cc(-c6ccccc6)nc(-c6ccccc6)n5)c4)c3)cc1C2(c1ccccc1)c1ccccc1. The van der Waals surface area contributed by atoms with Crippen LogP contribution in [0.25, 0.3) is 72.1 Å². The number of hydrogen-bond donors (Lipinski definition) is 0. The molecule has 0 spiro atoms. The van der Waals surface area contributed by atoms with Crippen molar-refractivity contribution >= 4 is 5.69 Å². The van der Waals surface area contributed by atoms with E-state index in [2.05, 4.69) is 175 Å². The van der Waals surface area contributed by atoms with Crippen molar-refractivity contribution in [3.63, 3.8) is 0 Å². The lowest BCUT2D eigenvalue weighted by Crippen LogP contribution is -2.28. The van der Waals surface area contributed by atoms with E-state index in [9.17, 15) is 0 Å². The first kappa shape index (κ1) is 33.9. The van der Waals surface area contributed by atoms with Crippen LogP contribution in [0.2, 0.25) is 0 Å². The normalized spacial score (nSPS) is 12.3. The molecule has 8 aromatic carbocycles. The van der Waals surface area contributed by atoms with Crippen molar-refractivity contribution in [1.29, 1.82) is 0 Å². The predicted molar refractivity (Wildman–Crippen MR) is 233 cm³/mol. The zero-order chi connectivity index (χ0) is 38.2. The van der Waals surface area contributed by atoms with Gasteiger partial charge < -0.3 is 0 Å². The summed E-state index contributed by atoms with van der Waals surface area (Å²) in [6.07, 6.45) is 0. The van der Waals surface area contributed by atoms with Crippen LogP contribution in [0.5, 0.6) is 0 Å². The molecule has 10 rings (SSSR count). The van der Waals surface area contributed by atoms with Gasteiger partial charge in [-0.25, -0.2) is 14.8 Å². The molecular formula is C54H35N3. The largest absolute Gasteiger partial charge is 0.238 e. The molecule has 0 atom stereocenters. The third-order valence-corrected chi connectivity index (χ3v) is 11.2. The molecule has 0 amide bonds. The number of fused-ring (bicyclic) bond motifs is 3. The highest BCUT2D eigenvalue weighted by atomic mass is 14.9. The third-order valence-electron chi connectivity index (χ3n) is 11.2. The number of nitrogens with zero attached hydrogens (tertiary/aromatic N) is 3. The van der Waals surface area contributed by atoms with Crippen LogP contribution >= 0.6 is 0 Å². The Morgan fingerprint density at radius 1 is 0.351 bits per heavy atom. The Morgan fingerprint density at radius 2 is 0.842 bits per heavy atom. The Labute approximate surface area is 333 Å². The minimum absolute atomic E-state index is 0.551. The molecule has 3 nitrogen and oxygen atoms in total. The summed E-state index contributed by atoms with van der Waals surface area (Å²) in [6, 6.07) is 74.7. The van der Waals surface area contributed by atoms with Gasteiger partial charge in [-0.3, -0.25) is 0 Å². The Balaban J connectivity index is 1.09. The van der Waals surface area contributed by atoms with E-state index in [0.717, 1.165) is 61.5 Å². The number of hydrogen-bond acceptors (Lipinski definition) is 2. The monoisotopic (exact) mass is 725 g/mol. The smallest absolute Gasteiger partial charge is 0.187 e. The minimum Gasteiger partial charge on any atom is -0.238 e. The van der Waals surface area contributed by atoms with Crippen molar-refractivity contribution in [3.8, 4) is 67.3 Å². The zero-order valence-electron chi connectivity index (χ0n) is 31.0. The summed E-state index contributed by atoms with van der Waals surface area (Å²) in [4.78, 5) is 13.9. The van der Waals surface area contributed by atoms with Crippen molar-refractivity contribution < 1.29 is 0 Å². The predicted octanol–water partition coefficient (Wildman–Crippen LogP) is 13.7. The Morgan fingerprint density at radius 3 is 1.44 bits per heavy atom. The molecule has 9 aromatic rings. The van der Waals surface area contributed by atoms with Crippen LogP contribution in [0.15, 0.2) is 212 Å². The molecule has 1 aromatic heterocycles. The lowest BCUT2D eigenvalue weighted by atomic mass is 9.67. The van der Waals surface area contributed by atoms with Gasteiger partial charge >= 0.3 is 0 Å². The van der Waals surface area contributed by atoms with Crippen LogP contribution in [0.1, 0.15) is 22.3 Å². The van der Waals surface area contributed by atoms with E-state index in [0.29, 0.717) is 11.5 Å². The van der Waals surface area contributed by atoms with Crippen molar-refractivity contribution in [2.24, 2.45) is 0 Å². The second kappa shape index (κ2) is 14.2. The molecule has 1 aliphatic rings. The topological polar surface area (TPSA) is 30.1 Å². The van der Waals surface area contributed by atoms with Gasteiger partial charge in [-0.15, -0.1) is 0 Å². The first-order valence-corrected chi connectivity index (χ1v) is 19.2. The van der Waals surface area contributed by atoms with Crippen LogP contribution in [-0.4, -0.2) is 9.97 Å². The Bertz CT molecular complexity index is 2850. The average Bonchev–Trinajstić information content (AvgIpc) is 3.59. The minimum atomic E-state index is -0.551. The molecular weight excluding hydrogens is 691 g/mol. The van der Waals surface area contributed by atoms with Gasteiger partial charge in [-0.2, -0.15) is 0 Å². The average molecular weight is 726 g/mol. The highest BCUT2D eigenvalue weighted by molar-refractivity contribution is 5.90. The maximum Gasteiger partial charge on any atom is 0.187 e. The lowest BCUT2D eigenvalue weighted by Gasteiger charge is -2.34. The zero-order valence-corrected chi connectivity index (χ0v) is 31.0. The molecule has 1 aliphatic carbocycles. The van der Waals surface area contributed by atoms with E-state index in [1.807, 2.05) is 42.5 Å². The molecule has 0 unspecified atom stereocenters. The molecule has 0 bridgehead atoms. The standard InChI is InChI=1S/C54H35N3/c1-55-46-29-31-49-48(35-46)47-30-28-42(34-50(47)54(49,44-24-10-4-11-25-44)45-26-12-5-13-27-45)40-21-14-20-39(32-40)41-22-15-23-43(33-41)52-36-51(37-16-6-2-7-17-37)56-53(57-52)38-18-8-3-9-19-38/h2-36H. The maximum absolute atomic E-state index is 7.83. The van der Waals surface area contributed by atoms with E-state index in [4.69, 9.17) is 16.5 Å². The fraction of sp³-hybridized carbons (Fsp3) is 0.0185. The summed E-state index contributed by atoms with van der Waals surface area (Å²) >= 11 is 0. The number of benzene rings is 8. The Kier molecular flexibility index (Phi) is 8.43. The Hall–Kier alpha value is -7.67. The fourth-order valence-electron chi connectivity index (χ4n) is 8.54. The highest BCUT2D eigenvalue weighted by Crippen LogP contribution is 2.57. The van der Waals surface area contributed by atoms with E-state index in [1.165, 1.54) is 22.3 Å². The van der Waals surface area contributed by atoms with Gasteiger partial charge in [0.15, 0.2) is 11.5 Å². The van der Waals surface area contributed by atoms with Crippen molar-refractivity contribution in [3.05, 3.63) is 246 Å². The molecule has 3 heteroatoms. The molecule has 57 heavy (non-hydrogen) atoms. The van der Waals surface area contributed by atoms with Crippen LogP contribution in [0, 0.1) is 6.57 Å². The third kappa shape index (κ3) is 5.92. The first-order chi connectivity index (χ1) is 28.2. The van der Waals surface area contributed by atoms with Crippen LogP contribution < -0.4 is 0 Å². The molecule has 0 saturated heterocycles. The van der Waals surface area contributed by atoms with Crippen LogP contribution in [-0.2, 0) is 5.41 Å². The second-order valence-electron chi connectivity index (χ2n) is 14.4. The van der Waals surface area contributed by atoms with Crippen LogP contribution in [0.3, 0.4) is 0 Å².